The second kappa shape index (κ2) is 11.9. The van der Waals surface area contributed by atoms with Gasteiger partial charge in [0.1, 0.15) is 11.6 Å². The molecule has 1 aromatic heterocycles. The summed E-state index contributed by atoms with van der Waals surface area (Å²) in [6.07, 6.45) is 6.32. The van der Waals surface area contributed by atoms with Crippen molar-refractivity contribution in [3.8, 4) is 0 Å². The van der Waals surface area contributed by atoms with Crippen molar-refractivity contribution in [2.45, 2.75) is 41.6 Å². The normalized spacial score (nSPS) is 21.2. The van der Waals surface area contributed by atoms with Gasteiger partial charge in [-0.05, 0) is 30.5 Å². The van der Waals surface area contributed by atoms with Crippen molar-refractivity contribution in [3.05, 3.63) is 76.0 Å². The Morgan fingerprint density at radius 1 is 1.35 bits per heavy atom. The zero-order valence-corrected chi connectivity index (χ0v) is 23.1. The summed E-state index contributed by atoms with van der Waals surface area (Å²) in [6, 6.07) is 6.03. The first-order valence-corrected chi connectivity index (χ1v) is 13.6. The van der Waals surface area contributed by atoms with E-state index in [1.807, 2.05) is 27.5 Å². The number of nitrogens with zero attached hydrogens (tertiary/aromatic N) is 3. The molecule has 2 unspecified atom stereocenters. The second-order valence-corrected chi connectivity index (χ2v) is 10.9. The summed E-state index contributed by atoms with van der Waals surface area (Å²) in [4.78, 5) is 35.5. The molecule has 1 aliphatic heterocycles. The highest BCUT2D eigenvalue weighted by Gasteiger charge is 2.34. The van der Waals surface area contributed by atoms with Crippen molar-refractivity contribution < 1.29 is 19.1 Å². The van der Waals surface area contributed by atoms with E-state index in [1.54, 1.807) is 43.5 Å². The molecule has 0 radical (unpaired) electrons. The number of aromatic nitrogens is 2. The molecule has 2 amide bonds. The standard InChI is InChI=1S/C26H28ClFIN5O3/c1-14(36)34-9-7-15(8-10-34)20-12-31-25(30)24(32-20)19-6-5-18(22(28)23(19)29)26(37)33-21(13-35)16-3-2-4-17(27)11-16/h2-6,11-12,15,19,21,23,35H,7-10,13H2,1H3,(H2,30,31)(H,33,37)/t19?,21-,23?/m1/s1. The van der Waals surface area contributed by atoms with E-state index in [-0.39, 0.29) is 29.8 Å². The fourth-order valence-electron chi connectivity index (χ4n) is 4.65. The molecule has 4 rings (SSSR count). The molecule has 3 atom stereocenters. The number of nitrogens with two attached hydrogens (primary N) is 1. The van der Waals surface area contributed by atoms with Crippen LogP contribution in [0.4, 0.5) is 10.2 Å². The van der Waals surface area contributed by atoms with Crippen molar-refractivity contribution in [2.75, 3.05) is 25.4 Å². The lowest BCUT2D eigenvalue weighted by atomic mass is 9.90. The molecule has 1 saturated heterocycles. The molecular formula is C26H28ClFIN5O3. The molecule has 0 spiro atoms. The molecule has 2 aliphatic rings. The fourth-order valence-corrected chi connectivity index (χ4v) is 5.76. The molecule has 0 bridgehead atoms. The van der Waals surface area contributed by atoms with Crippen LogP contribution in [0.3, 0.4) is 0 Å². The van der Waals surface area contributed by atoms with Gasteiger partial charge in [0.2, 0.25) is 5.91 Å². The van der Waals surface area contributed by atoms with Gasteiger partial charge in [0.05, 0.1) is 39.7 Å². The third-order valence-corrected chi connectivity index (χ3v) is 8.35. The van der Waals surface area contributed by atoms with Gasteiger partial charge in [-0.1, -0.05) is 58.5 Å². The molecular weight excluding hydrogens is 612 g/mol. The molecule has 1 fully saturated rings. The Morgan fingerprint density at radius 3 is 2.73 bits per heavy atom. The third-order valence-electron chi connectivity index (χ3n) is 6.79. The number of alkyl halides is 1. The van der Waals surface area contributed by atoms with Crippen LogP contribution in [0.5, 0.6) is 0 Å². The number of carbonyl (C=O) groups is 2. The minimum absolute atomic E-state index is 0.0580. The molecule has 0 saturated carbocycles. The van der Waals surface area contributed by atoms with Crippen molar-refractivity contribution >= 4 is 51.8 Å². The van der Waals surface area contributed by atoms with Gasteiger partial charge in [-0.3, -0.25) is 14.6 Å². The number of nitrogen functional groups attached to an aromatic ring is 1. The predicted molar refractivity (Wildman–Crippen MR) is 148 cm³/mol. The number of hydrogen-bond donors (Lipinski definition) is 3. The predicted octanol–water partition coefficient (Wildman–Crippen LogP) is 3.97. The smallest absolute Gasteiger partial charge is 0.254 e. The van der Waals surface area contributed by atoms with E-state index in [0.29, 0.717) is 29.4 Å². The number of hydrogen-bond acceptors (Lipinski definition) is 6. The molecule has 37 heavy (non-hydrogen) atoms. The lowest BCUT2D eigenvalue weighted by Gasteiger charge is -2.31. The van der Waals surface area contributed by atoms with Gasteiger partial charge in [0, 0.05) is 36.9 Å². The number of amides is 2. The molecule has 4 N–H and O–H groups in total. The van der Waals surface area contributed by atoms with Crippen LogP contribution in [-0.4, -0.2) is 55.4 Å². The van der Waals surface area contributed by atoms with E-state index in [0.717, 1.165) is 18.5 Å². The molecule has 196 valence electrons. The van der Waals surface area contributed by atoms with Gasteiger partial charge < -0.3 is 21.1 Å². The van der Waals surface area contributed by atoms with Crippen LogP contribution in [0.15, 0.2) is 54.0 Å². The van der Waals surface area contributed by atoms with Crippen LogP contribution < -0.4 is 11.1 Å². The Morgan fingerprint density at radius 2 is 2.08 bits per heavy atom. The Hall–Kier alpha value is -2.57. The zero-order chi connectivity index (χ0) is 26.7. The maximum atomic E-state index is 15.5. The van der Waals surface area contributed by atoms with Crippen LogP contribution in [-0.2, 0) is 9.59 Å². The number of aliphatic hydroxyl groups excluding tert-OH is 1. The van der Waals surface area contributed by atoms with Gasteiger partial charge in [0.25, 0.3) is 5.91 Å². The number of anilines is 1. The monoisotopic (exact) mass is 639 g/mol. The summed E-state index contributed by atoms with van der Waals surface area (Å²) in [6.45, 7) is 2.50. The van der Waals surface area contributed by atoms with E-state index in [1.165, 1.54) is 6.08 Å². The van der Waals surface area contributed by atoms with Crippen LogP contribution >= 0.6 is 34.2 Å². The van der Waals surface area contributed by atoms with Crippen molar-refractivity contribution in [1.82, 2.24) is 20.2 Å². The van der Waals surface area contributed by atoms with Crippen LogP contribution in [0, 0.1) is 0 Å². The van der Waals surface area contributed by atoms with E-state index < -0.39 is 27.6 Å². The lowest BCUT2D eigenvalue weighted by Crippen LogP contribution is -2.36. The maximum absolute atomic E-state index is 15.5. The van der Waals surface area contributed by atoms with E-state index in [4.69, 9.17) is 22.3 Å². The summed E-state index contributed by atoms with van der Waals surface area (Å²) < 4.78 is 14.8. The summed E-state index contributed by atoms with van der Waals surface area (Å²) in [5, 5.41) is 12.9. The lowest BCUT2D eigenvalue weighted by molar-refractivity contribution is -0.129. The molecule has 2 aromatic rings. The summed E-state index contributed by atoms with van der Waals surface area (Å²) in [5.41, 5.74) is 7.88. The molecule has 8 nitrogen and oxygen atoms in total. The van der Waals surface area contributed by atoms with Gasteiger partial charge in [-0.25, -0.2) is 9.37 Å². The third kappa shape index (κ3) is 6.12. The first kappa shape index (κ1) is 27.5. The maximum Gasteiger partial charge on any atom is 0.254 e. The van der Waals surface area contributed by atoms with E-state index in [9.17, 15) is 14.7 Å². The Balaban J connectivity index is 1.51. The van der Waals surface area contributed by atoms with Gasteiger partial charge in [-0.2, -0.15) is 0 Å². The highest BCUT2D eigenvalue weighted by atomic mass is 127. The minimum atomic E-state index is -0.738. The number of piperidine rings is 1. The summed E-state index contributed by atoms with van der Waals surface area (Å²) in [5.74, 6) is -1.35. The van der Waals surface area contributed by atoms with Crippen molar-refractivity contribution in [1.29, 1.82) is 0 Å². The number of likely N-dealkylation sites (tertiary alicyclic amines) is 1. The summed E-state index contributed by atoms with van der Waals surface area (Å²) >= 11 is 7.98. The Bertz CT molecular complexity index is 1250. The fraction of sp³-hybridized carbons (Fsp3) is 0.385. The van der Waals surface area contributed by atoms with E-state index >= 15 is 4.39 Å². The van der Waals surface area contributed by atoms with Gasteiger partial charge in [-0.15, -0.1) is 0 Å². The highest BCUT2D eigenvalue weighted by molar-refractivity contribution is 14.1. The zero-order valence-electron chi connectivity index (χ0n) is 20.2. The SMILES string of the molecule is CC(=O)N1CCC(c2cnc(N)c(C3C=CC(C(=O)N[C@H](CO)c4cccc(Cl)c4)=C(F)C3I)n2)CC1. The van der Waals surface area contributed by atoms with E-state index in [2.05, 4.69) is 10.3 Å². The number of carbonyl (C=O) groups excluding carboxylic acids is 2. The van der Waals surface area contributed by atoms with Crippen LogP contribution in [0.25, 0.3) is 0 Å². The van der Waals surface area contributed by atoms with Crippen molar-refractivity contribution in [2.24, 2.45) is 0 Å². The van der Waals surface area contributed by atoms with Crippen LogP contribution in [0.2, 0.25) is 5.02 Å². The number of allylic oxidation sites excluding steroid dienone is 2. The highest BCUT2D eigenvalue weighted by Crippen LogP contribution is 2.39. The first-order chi connectivity index (χ1) is 17.7. The van der Waals surface area contributed by atoms with Crippen LogP contribution in [0.1, 0.15) is 54.6 Å². The average molecular weight is 640 g/mol. The van der Waals surface area contributed by atoms with Gasteiger partial charge >= 0.3 is 0 Å². The number of rotatable bonds is 6. The first-order valence-electron chi connectivity index (χ1n) is 12.0. The minimum Gasteiger partial charge on any atom is -0.394 e. The molecule has 11 heteroatoms. The molecule has 1 aliphatic carbocycles. The molecule has 1 aromatic carbocycles. The largest absolute Gasteiger partial charge is 0.394 e. The second-order valence-electron chi connectivity index (χ2n) is 9.16. The molecule has 2 heterocycles. The topological polar surface area (TPSA) is 121 Å². The van der Waals surface area contributed by atoms with Gasteiger partial charge in [0.15, 0.2) is 0 Å². The number of nitrogens with one attached hydrogen (secondary N) is 1. The number of benzene rings is 1. The quantitative estimate of drug-likeness (QED) is 0.325. The number of aliphatic hydroxyl groups is 1. The number of halogens is 3. The average Bonchev–Trinajstić information content (AvgIpc) is 2.89. The Labute approximate surface area is 233 Å². The summed E-state index contributed by atoms with van der Waals surface area (Å²) in [7, 11) is 0. The van der Waals surface area contributed by atoms with Crippen molar-refractivity contribution in [3.63, 3.8) is 0 Å². The Kier molecular flexibility index (Phi) is 8.81.